The Bertz CT molecular complexity index is 948. The van der Waals surface area contributed by atoms with Gasteiger partial charge in [-0.2, -0.15) is 0 Å². The number of hydrogen-bond donors (Lipinski definition) is 1. The number of hydrogen-bond acceptors (Lipinski definition) is 4. The maximum absolute atomic E-state index is 9.42. The van der Waals surface area contributed by atoms with Crippen LogP contribution in [0.25, 0.3) is 28.6 Å². The molecule has 0 saturated heterocycles. The van der Waals surface area contributed by atoms with E-state index < -0.39 is 0 Å². The van der Waals surface area contributed by atoms with Gasteiger partial charge in [0.2, 0.25) is 0 Å². The smallest absolute Gasteiger partial charge is 0.115 e. The fourth-order valence-electron chi connectivity index (χ4n) is 3.49. The van der Waals surface area contributed by atoms with Gasteiger partial charge in [-0.15, -0.1) is 0 Å². The molecular formula is C28H34N2O2. The third kappa shape index (κ3) is 7.61. The molecule has 168 valence electrons. The van der Waals surface area contributed by atoms with Gasteiger partial charge in [-0.1, -0.05) is 56.2 Å². The predicted molar refractivity (Wildman–Crippen MR) is 132 cm³/mol. The number of aromatic hydroxyl groups is 1. The van der Waals surface area contributed by atoms with Crippen molar-refractivity contribution in [3.8, 4) is 28.3 Å². The molecule has 0 aliphatic carbocycles. The van der Waals surface area contributed by atoms with E-state index in [2.05, 4.69) is 60.2 Å². The van der Waals surface area contributed by atoms with Crippen LogP contribution in [0.3, 0.4) is 0 Å². The van der Waals surface area contributed by atoms with Gasteiger partial charge in [0.25, 0.3) is 0 Å². The van der Waals surface area contributed by atoms with Gasteiger partial charge in [0.1, 0.15) is 5.75 Å². The maximum Gasteiger partial charge on any atom is 0.115 e. The second-order valence-electron chi connectivity index (χ2n) is 8.18. The molecule has 3 aromatic rings. The van der Waals surface area contributed by atoms with E-state index in [1.54, 1.807) is 24.5 Å². The first-order valence-corrected chi connectivity index (χ1v) is 11.7. The van der Waals surface area contributed by atoms with Gasteiger partial charge in [-0.3, -0.25) is 9.97 Å². The van der Waals surface area contributed by atoms with Crippen molar-refractivity contribution in [2.24, 2.45) is 0 Å². The number of allylic oxidation sites excluding steroid dienone is 1. The summed E-state index contributed by atoms with van der Waals surface area (Å²) in [6.45, 7) is 5.28. The Morgan fingerprint density at radius 2 is 1.50 bits per heavy atom. The molecule has 3 rings (SSSR count). The maximum atomic E-state index is 9.42. The van der Waals surface area contributed by atoms with Gasteiger partial charge in [-0.05, 0) is 62.4 Å². The molecule has 0 radical (unpaired) electrons. The van der Waals surface area contributed by atoms with E-state index >= 15 is 0 Å². The second-order valence-corrected chi connectivity index (χ2v) is 8.18. The first-order valence-electron chi connectivity index (χ1n) is 11.7. The zero-order valence-corrected chi connectivity index (χ0v) is 19.2. The Morgan fingerprint density at radius 1 is 0.875 bits per heavy atom. The summed E-state index contributed by atoms with van der Waals surface area (Å²) < 4.78 is 5.86. The van der Waals surface area contributed by atoms with E-state index in [1.807, 2.05) is 12.1 Å². The molecule has 0 aliphatic heterocycles. The largest absolute Gasteiger partial charge is 0.508 e. The summed E-state index contributed by atoms with van der Waals surface area (Å²) in [6.07, 6.45) is 15.3. The molecule has 1 unspecified atom stereocenters. The van der Waals surface area contributed by atoms with Gasteiger partial charge in [0, 0.05) is 17.7 Å². The van der Waals surface area contributed by atoms with Crippen molar-refractivity contribution in [2.45, 2.75) is 58.5 Å². The first-order chi connectivity index (χ1) is 15.7. The van der Waals surface area contributed by atoms with Crippen molar-refractivity contribution in [3.63, 3.8) is 0 Å². The molecule has 0 bridgehead atoms. The zero-order chi connectivity index (χ0) is 22.6. The molecule has 1 atom stereocenters. The van der Waals surface area contributed by atoms with Gasteiger partial charge in [0.05, 0.1) is 29.9 Å². The van der Waals surface area contributed by atoms with Crippen LogP contribution in [0.2, 0.25) is 0 Å². The highest BCUT2D eigenvalue weighted by atomic mass is 16.5. The first kappa shape index (κ1) is 23.7. The molecule has 4 nitrogen and oxygen atoms in total. The molecule has 0 spiro atoms. The molecule has 1 heterocycles. The van der Waals surface area contributed by atoms with Crippen LogP contribution in [0.1, 0.15) is 57.9 Å². The highest BCUT2D eigenvalue weighted by molar-refractivity contribution is 5.64. The van der Waals surface area contributed by atoms with E-state index in [0.29, 0.717) is 6.10 Å². The lowest BCUT2D eigenvalue weighted by Gasteiger charge is -2.11. The number of unbranched alkanes of at least 4 members (excludes halogenated alkanes) is 3. The summed E-state index contributed by atoms with van der Waals surface area (Å²) in [5.74, 6) is 0.244. The molecule has 0 amide bonds. The van der Waals surface area contributed by atoms with Crippen LogP contribution in [0.5, 0.6) is 5.75 Å². The summed E-state index contributed by atoms with van der Waals surface area (Å²) in [5, 5.41) is 9.42. The molecule has 32 heavy (non-hydrogen) atoms. The molecule has 0 fully saturated rings. The van der Waals surface area contributed by atoms with E-state index in [4.69, 9.17) is 4.74 Å². The number of aromatic nitrogens is 2. The van der Waals surface area contributed by atoms with Gasteiger partial charge < -0.3 is 9.84 Å². The van der Waals surface area contributed by atoms with Crippen LogP contribution in [0.15, 0.2) is 67.0 Å². The Labute approximate surface area is 192 Å². The average molecular weight is 431 g/mol. The van der Waals surface area contributed by atoms with Crippen molar-refractivity contribution in [1.29, 1.82) is 0 Å². The van der Waals surface area contributed by atoms with Crippen molar-refractivity contribution in [3.05, 3.63) is 72.6 Å². The van der Waals surface area contributed by atoms with E-state index in [0.717, 1.165) is 48.4 Å². The van der Waals surface area contributed by atoms with Crippen LogP contribution in [0.4, 0.5) is 0 Å². The van der Waals surface area contributed by atoms with Crippen LogP contribution in [-0.2, 0) is 4.74 Å². The summed E-state index contributed by atoms with van der Waals surface area (Å²) >= 11 is 0. The average Bonchev–Trinajstić information content (AvgIpc) is 2.83. The van der Waals surface area contributed by atoms with E-state index in [9.17, 15) is 5.11 Å². The third-order valence-electron chi connectivity index (χ3n) is 5.46. The quantitative estimate of drug-likeness (QED) is 0.306. The predicted octanol–water partition coefficient (Wildman–Crippen LogP) is 7.30. The molecular weight excluding hydrogens is 396 g/mol. The fourth-order valence-corrected chi connectivity index (χ4v) is 3.49. The minimum absolute atomic E-state index is 0.244. The van der Waals surface area contributed by atoms with E-state index in [1.165, 1.54) is 24.8 Å². The van der Waals surface area contributed by atoms with Crippen LogP contribution < -0.4 is 0 Å². The number of nitrogens with zero attached hydrogens (tertiary/aromatic N) is 2. The summed E-state index contributed by atoms with van der Waals surface area (Å²) in [6, 6.07) is 15.4. The van der Waals surface area contributed by atoms with Crippen LogP contribution in [-0.4, -0.2) is 27.8 Å². The fraction of sp³-hybridized carbons (Fsp3) is 0.357. The lowest BCUT2D eigenvalue weighted by Crippen LogP contribution is -2.08. The lowest BCUT2D eigenvalue weighted by atomic mass is 10.1. The minimum atomic E-state index is 0.244. The normalized spacial score (nSPS) is 12.3. The summed E-state index contributed by atoms with van der Waals surface area (Å²) in [4.78, 5) is 9.08. The highest BCUT2D eigenvalue weighted by Gasteiger charge is 2.04. The molecule has 4 heteroatoms. The van der Waals surface area contributed by atoms with Gasteiger partial charge in [0.15, 0.2) is 0 Å². The topological polar surface area (TPSA) is 55.2 Å². The third-order valence-corrected chi connectivity index (χ3v) is 5.46. The molecule has 0 saturated carbocycles. The summed E-state index contributed by atoms with van der Waals surface area (Å²) in [5.41, 5.74) is 4.79. The van der Waals surface area contributed by atoms with Crippen molar-refractivity contribution in [1.82, 2.24) is 9.97 Å². The number of ether oxygens (including phenoxy) is 1. The molecule has 1 aromatic heterocycles. The Hall–Kier alpha value is -2.98. The Balaban J connectivity index is 1.45. The summed E-state index contributed by atoms with van der Waals surface area (Å²) in [7, 11) is 0. The van der Waals surface area contributed by atoms with Gasteiger partial charge >= 0.3 is 0 Å². The standard InChI is InChI=1S/C28H34N2O2/c1-3-4-8-19-32-22(2)9-6-5-7-10-23-11-13-24(14-12-23)27-20-30-28(21-29-27)25-15-17-26(31)18-16-25/h7,10-18,20-22,31H,3-6,8-9,19H2,1-2H3. The van der Waals surface area contributed by atoms with Crippen LogP contribution >= 0.6 is 0 Å². The lowest BCUT2D eigenvalue weighted by molar-refractivity contribution is 0.0566. The molecule has 2 aromatic carbocycles. The van der Waals surface area contributed by atoms with Gasteiger partial charge in [-0.25, -0.2) is 0 Å². The number of rotatable bonds is 12. The zero-order valence-electron chi connectivity index (χ0n) is 19.2. The number of benzene rings is 2. The Kier molecular flexibility index (Phi) is 9.45. The van der Waals surface area contributed by atoms with Crippen molar-refractivity contribution >= 4 is 6.08 Å². The minimum Gasteiger partial charge on any atom is -0.508 e. The van der Waals surface area contributed by atoms with Crippen LogP contribution in [0, 0.1) is 0 Å². The number of phenols is 1. The van der Waals surface area contributed by atoms with E-state index in [-0.39, 0.29) is 5.75 Å². The molecule has 1 N–H and O–H groups in total. The SMILES string of the molecule is CCCCCOC(C)CCCC=Cc1ccc(-c2cnc(-c3ccc(O)cc3)cn2)cc1. The number of phenolic OH excluding ortho intramolecular Hbond substituents is 1. The molecule has 0 aliphatic rings. The Morgan fingerprint density at radius 3 is 2.09 bits per heavy atom. The van der Waals surface area contributed by atoms with Crippen molar-refractivity contribution in [2.75, 3.05) is 6.61 Å². The second kappa shape index (κ2) is 12.8. The monoisotopic (exact) mass is 430 g/mol. The van der Waals surface area contributed by atoms with Crippen molar-refractivity contribution < 1.29 is 9.84 Å². The highest BCUT2D eigenvalue weighted by Crippen LogP contribution is 2.22.